The van der Waals surface area contributed by atoms with Crippen molar-refractivity contribution in [2.45, 2.75) is 0 Å². The number of fused-ring (bicyclic) bond motifs is 1. The topological polar surface area (TPSA) is 83.8 Å². The van der Waals surface area contributed by atoms with Crippen LogP contribution in [0, 0.1) is 0 Å². The molecule has 1 aromatic heterocycles. The Balaban J connectivity index is 2.19. The minimum atomic E-state index is -0.369. The second-order valence-electron chi connectivity index (χ2n) is 4.39. The fraction of sp³-hybridized carbons (Fsp3) is 0. The molecule has 0 radical (unpaired) electrons. The molecular formula is C14H10BrClN4O. The van der Waals surface area contributed by atoms with Crippen LogP contribution in [-0.4, -0.2) is 15.9 Å². The van der Waals surface area contributed by atoms with Gasteiger partial charge in [0.1, 0.15) is 11.3 Å². The molecule has 21 heavy (non-hydrogen) atoms. The van der Waals surface area contributed by atoms with Crippen LogP contribution in [0.1, 0.15) is 10.4 Å². The molecule has 0 unspecified atom stereocenters. The second-order valence-corrected chi connectivity index (χ2v) is 5.65. The predicted octanol–water partition coefficient (Wildman–Crippen LogP) is 3.25. The molecule has 4 N–H and O–H groups in total. The van der Waals surface area contributed by atoms with Gasteiger partial charge in [-0.25, -0.2) is 10.8 Å². The van der Waals surface area contributed by atoms with Crippen LogP contribution in [0.3, 0.4) is 0 Å². The highest BCUT2D eigenvalue weighted by atomic mass is 79.9. The summed E-state index contributed by atoms with van der Waals surface area (Å²) >= 11 is 9.59. The maximum absolute atomic E-state index is 11.6. The van der Waals surface area contributed by atoms with Gasteiger partial charge in [0.2, 0.25) is 0 Å². The number of benzene rings is 2. The lowest BCUT2D eigenvalue weighted by Gasteiger charge is -2.00. The van der Waals surface area contributed by atoms with Crippen molar-refractivity contribution in [1.29, 1.82) is 0 Å². The molecular weight excluding hydrogens is 356 g/mol. The maximum atomic E-state index is 11.6. The number of carbonyl (C=O) groups is 1. The van der Waals surface area contributed by atoms with E-state index in [0.717, 1.165) is 16.6 Å². The summed E-state index contributed by atoms with van der Waals surface area (Å²) < 4.78 is 0.702. The molecule has 0 aliphatic heterocycles. The molecule has 0 aliphatic rings. The average Bonchev–Trinajstić information content (AvgIpc) is 2.91. The second kappa shape index (κ2) is 5.48. The van der Waals surface area contributed by atoms with Crippen molar-refractivity contribution < 1.29 is 4.79 Å². The van der Waals surface area contributed by atoms with E-state index in [-0.39, 0.29) is 5.91 Å². The number of nitrogens with one attached hydrogen (secondary N) is 2. The van der Waals surface area contributed by atoms with Crippen LogP contribution >= 0.6 is 27.5 Å². The number of hydrazine groups is 1. The highest BCUT2D eigenvalue weighted by molar-refractivity contribution is 9.10. The van der Waals surface area contributed by atoms with Gasteiger partial charge < -0.3 is 4.98 Å². The molecule has 1 heterocycles. The Labute approximate surface area is 133 Å². The summed E-state index contributed by atoms with van der Waals surface area (Å²) in [6.45, 7) is 0. The van der Waals surface area contributed by atoms with Gasteiger partial charge in [-0.1, -0.05) is 23.7 Å². The van der Waals surface area contributed by atoms with Crippen LogP contribution in [0.25, 0.3) is 22.4 Å². The zero-order valence-corrected chi connectivity index (χ0v) is 13.0. The molecule has 2 aromatic carbocycles. The summed E-state index contributed by atoms with van der Waals surface area (Å²) in [5.74, 6) is 5.43. The predicted molar refractivity (Wildman–Crippen MR) is 85.9 cm³/mol. The molecule has 5 nitrogen and oxygen atoms in total. The Morgan fingerprint density at radius 1 is 1.33 bits per heavy atom. The van der Waals surface area contributed by atoms with Crippen LogP contribution in [0.2, 0.25) is 5.02 Å². The van der Waals surface area contributed by atoms with E-state index in [9.17, 15) is 4.79 Å². The van der Waals surface area contributed by atoms with Crippen molar-refractivity contribution in [2.75, 3.05) is 0 Å². The number of rotatable bonds is 2. The fourth-order valence-electron chi connectivity index (χ4n) is 2.07. The third-order valence-electron chi connectivity index (χ3n) is 3.06. The summed E-state index contributed by atoms with van der Waals surface area (Å²) in [5.41, 5.74) is 4.78. The smallest absolute Gasteiger partial charge is 0.265 e. The number of imidazole rings is 1. The highest BCUT2D eigenvalue weighted by Gasteiger charge is 2.13. The number of nitrogen functional groups attached to an aromatic ring is 1. The number of halogens is 2. The lowest BCUT2D eigenvalue weighted by molar-refractivity contribution is 0.0953. The maximum Gasteiger partial charge on any atom is 0.265 e. The molecule has 1 amide bonds. The van der Waals surface area contributed by atoms with Crippen LogP contribution < -0.4 is 11.3 Å². The number of hydrogen-bond donors (Lipinski definition) is 3. The van der Waals surface area contributed by atoms with Crippen LogP contribution in [0.15, 0.2) is 40.9 Å². The minimum absolute atomic E-state index is 0.369. The molecule has 3 aromatic rings. The first-order chi connectivity index (χ1) is 10.1. The first kappa shape index (κ1) is 14.1. The van der Waals surface area contributed by atoms with E-state index in [4.69, 9.17) is 17.4 Å². The molecule has 0 spiro atoms. The van der Waals surface area contributed by atoms with E-state index in [0.29, 0.717) is 20.9 Å². The fourth-order valence-corrected chi connectivity index (χ4v) is 2.84. The lowest BCUT2D eigenvalue weighted by Crippen LogP contribution is -2.29. The van der Waals surface area contributed by atoms with Gasteiger partial charge in [-0.15, -0.1) is 0 Å². The molecule has 3 rings (SSSR count). The van der Waals surface area contributed by atoms with Gasteiger partial charge in [-0.2, -0.15) is 0 Å². The molecule has 0 saturated carbocycles. The Bertz CT molecular complexity index is 846. The van der Waals surface area contributed by atoms with Gasteiger partial charge in [0, 0.05) is 15.6 Å². The van der Waals surface area contributed by atoms with Gasteiger partial charge in [-0.3, -0.25) is 10.2 Å². The van der Waals surface area contributed by atoms with E-state index in [1.54, 1.807) is 18.2 Å². The zero-order valence-electron chi connectivity index (χ0n) is 10.7. The number of hydrogen-bond acceptors (Lipinski definition) is 3. The summed E-state index contributed by atoms with van der Waals surface area (Å²) in [7, 11) is 0. The van der Waals surface area contributed by atoms with Crippen molar-refractivity contribution in [2.24, 2.45) is 5.84 Å². The molecule has 0 fully saturated rings. The monoisotopic (exact) mass is 364 g/mol. The Kier molecular flexibility index (Phi) is 3.67. The summed E-state index contributed by atoms with van der Waals surface area (Å²) in [5, 5.41) is 0.604. The van der Waals surface area contributed by atoms with Crippen molar-refractivity contribution in [3.63, 3.8) is 0 Å². The SMILES string of the molecule is NNC(=O)c1cc(Br)c2nc(-c3ccccc3Cl)[nH]c2c1. The molecule has 0 aliphatic carbocycles. The van der Waals surface area contributed by atoms with Gasteiger partial charge >= 0.3 is 0 Å². The third kappa shape index (κ3) is 2.53. The minimum Gasteiger partial charge on any atom is -0.338 e. The number of carbonyl (C=O) groups excluding carboxylic acids is 1. The van der Waals surface area contributed by atoms with Crippen molar-refractivity contribution in [3.8, 4) is 11.4 Å². The average molecular weight is 366 g/mol. The number of nitrogens with zero attached hydrogens (tertiary/aromatic N) is 1. The number of aromatic nitrogens is 2. The Morgan fingerprint density at radius 2 is 2.10 bits per heavy atom. The zero-order chi connectivity index (χ0) is 15.0. The van der Waals surface area contributed by atoms with Gasteiger partial charge in [-0.05, 0) is 40.2 Å². The molecule has 0 saturated heterocycles. The largest absolute Gasteiger partial charge is 0.338 e. The lowest BCUT2D eigenvalue weighted by atomic mass is 10.2. The third-order valence-corrected chi connectivity index (χ3v) is 4.00. The number of nitrogens with two attached hydrogens (primary N) is 1. The summed E-state index contributed by atoms with van der Waals surface area (Å²) in [6.07, 6.45) is 0. The van der Waals surface area contributed by atoms with E-state index in [2.05, 4.69) is 31.3 Å². The summed E-state index contributed by atoms with van der Waals surface area (Å²) in [4.78, 5) is 19.3. The van der Waals surface area contributed by atoms with Crippen LogP contribution in [0.5, 0.6) is 0 Å². The molecule has 106 valence electrons. The van der Waals surface area contributed by atoms with Gasteiger partial charge in [0.15, 0.2) is 0 Å². The number of aromatic amines is 1. The quantitative estimate of drug-likeness (QED) is 0.370. The van der Waals surface area contributed by atoms with E-state index in [1.165, 1.54) is 0 Å². The Hall–Kier alpha value is -1.89. The van der Waals surface area contributed by atoms with Crippen molar-refractivity contribution in [1.82, 2.24) is 15.4 Å². The first-order valence-electron chi connectivity index (χ1n) is 6.05. The van der Waals surface area contributed by atoms with E-state index >= 15 is 0 Å². The van der Waals surface area contributed by atoms with Crippen LogP contribution in [-0.2, 0) is 0 Å². The molecule has 7 heteroatoms. The van der Waals surface area contributed by atoms with Crippen molar-refractivity contribution >= 4 is 44.5 Å². The normalized spacial score (nSPS) is 10.8. The molecule has 0 bridgehead atoms. The Morgan fingerprint density at radius 3 is 2.81 bits per heavy atom. The van der Waals surface area contributed by atoms with Crippen LogP contribution in [0.4, 0.5) is 0 Å². The first-order valence-corrected chi connectivity index (χ1v) is 7.22. The van der Waals surface area contributed by atoms with E-state index in [1.807, 2.05) is 18.2 Å². The summed E-state index contributed by atoms with van der Waals surface area (Å²) in [6, 6.07) is 10.8. The highest BCUT2D eigenvalue weighted by Crippen LogP contribution is 2.30. The van der Waals surface area contributed by atoms with Gasteiger partial charge in [0.05, 0.1) is 10.5 Å². The number of H-pyrrole nitrogens is 1. The number of amides is 1. The van der Waals surface area contributed by atoms with E-state index < -0.39 is 0 Å². The van der Waals surface area contributed by atoms with Crippen molar-refractivity contribution in [3.05, 3.63) is 51.5 Å². The standard InChI is InChI=1S/C14H10BrClN4O/c15-9-5-7(14(21)20-17)6-11-12(9)19-13(18-11)8-3-1-2-4-10(8)16/h1-6H,17H2,(H,18,19)(H,20,21). The van der Waals surface area contributed by atoms with Gasteiger partial charge in [0.25, 0.3) is 5.91 Å². The molecule has 0 atom stereocenters.